The third-order valence-corrected chi connectivity index (χ3v) is 4.44. The lowest BCUT2D eigenvalue weighted by atomic mass is 10.2. The van der Waals surface area contributed by atoms with E-state index in [1.54, 1.807) is 18.2 Å². The molecule has 6 nitrogen and oxygen atoms in total. The number of nitrogens with one attached hydrogen (secondary N) is 1. The summed E-state index contributed by atoms with van der Waals surface area (Å²) in [4.78, 5) is 30.3. The number of fused-ring (bicyclic) bond motifs is 1. The number of benzene rings is 1. The molecule has 1 fully saturated rings. The van der Waals surface area contributed by atoms with Crippen molar-refractivity contribution < 1.29 is 4.74 Å². The first kappa shape index (κ1) is 14.8. The summed E-state index contributed by atoms with van der Waals surface area (Å²) in [7, 11) is 1.52. The molecule has 3 rings (SSSR count). The third-order valence-electron chi connectivity index (χ3n) is 4.44. The summed E-state index contributed by atoms with van der Waals surface area (Å²) < 4.78 is 6.59. The molecule has 0 bridgehead atoms. The maximum absolute atomic E-state index is 12.7. The Morgan fingerprint density at radius 1 is 1.32 bits per heavy atom. The van der Waals surface area contributed by atoms with E-state index in [-0.39, 0.29) is 17.3 Å². The van der Waals surface area contributed by atoms with Gasteiger partial charge in [0.05, 0.1) is 24.1 Å². The highest BCUT2D eigenvalue weighted by molar-refractivity contribution is 5.83. The highest BCUT2D eigenvalue weighted by Gasteiger charge is 2.28. The van der Waals surface area contributed by atoms with Crippen LogP contribution < -0.4 is 16.0 Å². The van der Waals surface area contributed by atoms with Crippen LogP contribution in [-0.2, 0) is 0 Å². The lowest BCUT2D eigenvalue weighted by Gasteiger charge is -2.20. The highest BCUT2D eigenvalue weighted by atomic mass is 16.5. The van der Waals surface area contributed by atoms with Gasteiger partial charge in [0, 0.05) is 19.1 Å². The predicted octanol–water partition coefficient (Wildman–Crippen LogP) is 1.35. The van der Waals surface area contributed by atoms with Crippen LogP contribution in [-0.4, -0.2) is 40.7 Å². The quantitative estimate of drug-likeness (QED) is 0.929. The zero-order valence-electron chi connectivity index (χ0n) is 13.1. The summed E-state index contributed by atoms with van der Waals surface area (Å²) in [6, 6.07) is 5.56. The largest absolute Gasteiger partial charge is 0.495 e. The van der Waals surface area contributed by atoms with Crippen molar-refractivity contribution in [3.05, 3.63) is 39.0 Å². The van der Waals surface area contributed by atoms with Gasteiger partial charge < -0.3 is 9.72 Å². The Morgan fingerprint density at radius 3 is 2.73 bits per heavy atom. The van der Waals surface area contributed by atoms with Crippen LogP contribution in [0.3, 0.4) is 0 Å². The minimum atomic E-state index is -0.363. The molecule has 1 aliphatic heterocycles. The minimum Gasteiger partial charge on any atom is -0.495 e. The molecule has 2 aromatic rings. The van der Waals surface area contributed by atoms with Crippen molar-refractivity contribution in [1.29, 1.82) is 0 Å². The van der Waals surface area contributed by atoms with Gasteiger partial charge in [-0.3, -0.25) is 14.3 Å². The Bertz CT molecular complexity index is 806. The summed E-state index contributed by atoms with van der Waals surface area (Å²) in [5.74, 6) is 0.508. The molecular formula is C16H21N3O3. The lowest BCUT2D eigenvalue weighted by molar-refractivity contribution is 0.263. The molecule has 1 N–H and O–H groups in total. The predicted molar refractivity (Wildman–Crippen MR) is 85.7 cm³/mol. The van der Waals surface area contributed by atoms with Crippen LogP contribution in [0.1, 0.15) is 26.3 Å². The van der Waals surface area contributed by atoms with Gasteiger partial charge in [0.1, 0.15) is 5.75 Å². The molecule has 0 saturated carbocycles. The maximum atomic E-state index is 12.7. The Balaban J connectivity index is 2.13. The molecule has 0 amide bonds. The number of para-hydroxylation sites is 1. The zero-order valence-corrected chi connectivity index (χ0v) is 13.1. The number of aromatic nitrogens is 2. The number of hydrogen-bond donors (Lipinski definition) is 1. The van der Waals surface area contributed by atoms with Gasteiger partial charge in [-0.1, -0.05) is 6.07 Å². The molecule has 22 heavy (non-hydrogen) atoms. The Morgan fingerprint density at radius 2 is 2.09 bits per heavy atom. The minimum absolute atomic E-state index is 0.0748. The standard InChI is InChI=1S/C16H21N3O3/c1-10(2)18-8-7-11(9-18)19-15(20)12-5-4-6-13(22-3)14(12)17-16(19)21/h4-6,10-11H,7-9H2,1-3H3,(H,17,21). The maximum Gasteiger partial charge on any atom is 0.329 e. The Labute approximate surface area is 128 Å². The van der Waals surface area contributed by atoms with Crippen LogP contribution in [0.4, 0.5) is 0 Å². The van der Waals surface area contributed by atoms with Gasteiger partial charge in [-0.2, -0.15) is 0 Å². The lowest BCUT2D eigenvalue weighted by Crippen LogP contribution is -2.39. The molecule has 0 spiro atoms. The second-order valence-electron chi connectivity index (χ2n) is 6.02. The topological polar surface area (TPSA) is 67.3 Å². The number of likely N-dealkylation sites (tertiary alicyclic amines) is 1. The first-order valence-corrected chi connectivity index (χ1v) is 7.58. The van der Waals surface area contributed by atoms with Gasteiger partial charge in [0.15, 0.2) is 0 Å². The van der Waals surface area contributed by atoms with Crippen LogP contribution in [0.2, 0.25) is 0 Å². The van der Waals surface area contributed by atoms with Gasteiger partial charge in [-0.05, 0) is 32.4 Å². The van der Waals surface area contributed by atoms with Gasteiger partial charge in [0.2, 0.25) is 0 Å². The number of hydrogen-bond acceptors (Lipinski definition) is 4. The monoisotopic (exact) mass is 303 g/mol. The summed E-state index contributed by atoms with van der Waals surface area (Å²) >= 11 is 0. The molecule has 2 heterocycles. The van der Waals surface area contributed by atoms with Gasteiger partial charge in [-0.25, -0.2) is 4.79 Å². The molecular weight excluding hydrogens is 282 g/mol. The smallest absolute Gasteiger partial charge is 0.329 e. The van der Waals surface area contributed by atoms with Crippen LogP contribution in [0.25, 0.3) is 10.9 Å². The van der Waals surface area contributed by atoms with Gasteiger partial charge in [-0.15, -0.1) is 0 Å². The van der Waals surface area contributed by atoms with Crippen molar-refractivity contribution in [1.82, 2.24) is 14.5 Å². The number of aromatic amines is 1. The fraction of sp³-hybridized carbons (Fsp3) is 0.500. The summed E-state index contributed by atoms with van der Waals surface area (Å²) in [6.45, 7) is 5.89. The summed E-state index contributed by atoms with van der Waals surface area (Å²) in [5.41, 5.74) is -0.138. The van der Waals surface area contributed by atoms with Gasteiger partial charge >= 0.3 is 5.69 Å². The van der Waals surface area contributed by atoms with E-state index in [9.17, 15) is 9.59 Å². The van der Waals surface area contributed by atoms with E-state index < -0.39 is 0 Å². The average molecular weight is 303 g/mol. The van der Waals surface area contributed by atoms with Crippen LogP contribution >= 0.6 is 0 Å². The van der Waals surface area contributed by atoms with Crippen molar-refractivity contribution in [2.45, 2.75) is 32.4 Å². The second-order valence-corrected chi connectivity index (χ2v) is 6.02. The molecule has 1 unspecified atom stereocenters. The number of ether oxygens (including phenoxy) is 1. The molecule has 1 aliphatic rings. The van der Waals surface area contributed by atoms with Crippen molar-refractivity contribution in [3.63, 3.8) is 0 Å². The number of nitrogens with zero attached hydrogens (tertiary/aromatic N) is 2. The fourth-order valence-electron chi connectivity index (χ4n) is 3.18. The van der Waals surface area contributed by atoms with E-state index in [4.69, 9.17) is 4.74 Å². The number of rotatable bonds is 3. The van der Waals surface area contributed by atoms with Crippen molar-refractivity contribution >= 4 is 10.9 Å². The number of H-pyrrole nitrogens is 1. The van der Waals surface area contributed by atoms with Gasteiger partial charge in [0.25, 0.3) is 5.56 Å². The molecule has 6 heteroatoms. The van der Waals surface area contributed by atoms with Crippen LogP contribution in [0.5, 0.6) is 5.75 Å². The van der Waals surface area contributed by atoms with Crippen LogP contribution in [0.15, 0.2) is 27.8 Å². The second kappa shape index (κ2) is 5.61. The van der Waals surface area contributed by atoms with E-state index >= 15 is 0 Å². The fourth-order valence-corrected chi connectivity index (χ4v) is 3.18. The Hall–Kier alpha value is -2.08. The van der Waals surface area contributed by atoms with E-state index in [1.807, 2.05) is 0 Å². The third kappa shape index (κ3) is 2.33. The Kier molecular flexibility index (Phi) is 3.78. The SMILES string of the molecule is COc1cccc2c(=O)n(C3CCN(C(C)C)C3)c(=O)[nH]c12. The molecule has 0 aliphatic carbocycles. The molecule has 1 atom stereocenters. The van der Waals surface area contributed by atoms with E-state index in [1.165, 1.54) is 11.7 Å². The number of methoxy groups -OCH3 is 1. The summed E-state index contributed by atoms with van der Waals surface area (Å²) in [6.07, 6.45) is 0.816. The first-order valence-electron chi connectivity index (χ1n) is 7.58. The average Bonchev–Trinajstić information content (AvgIpc) is 2.96. The highest BCUT2D eigenvalue weighted by Crippen LogP contribution is 2.23. The van der Waals surface area contributed by atoms with E-state index in [2.05, 4.69) is 23.7 Å². The van der Waals surface area contributed by atoms with Crippen LogP contribution in [0, 0.1) is 0 Å². The molecule has 118 valence electrons. The molecule has 1 aromatic carbocycles. The molecule has 1 saturated heterocycles. The molecule has 0 radical (unpaired) electrons. The normalized spacial score (nSPS) is 19.2. The van der Waals surface area contributed by atoms with Crippen molar-refractivity contribution in [2.75, 3.05) is 20.2 Å². The van der Waals surface area contributed by atoms with E-state index in [0.29, 0.717) is 22.7 Å². The van der Waals surface area contributed by atoms with Crippen molar-refractivity contribution in [3.8, 4) is 5.75 Å². The summed E-state index contributed by atoms with van der Waals surface area (Å²) in [5, 5.41) is 0.488. The van der Waals surface area contributed by atoms with Crippen molar-refractivity contribution in [2.24, 2.45) is 0 Å². The van der Waals surface area contributed by atoms with E-state index in [0.717, 1.165) is 19.5 Å². The first-order chi connectivity index (χ1) is 10.5. The zero-order chi connectivity index (χ0) is 15.9. The molecule has 1 aromatic heterocycles.